The quantitative estimate of drug-likeness (QED) is 0.726. The summed E-state index contributed by atoms with van der Waals surface area (Å²) in [6.07, 6.45) is 0.853. The molecule has 0 bridgehead atoms. The van der Waals surface area contributed by atoms with Gasteiger partial charge >= 0.3 is 0 Å². The summed E-state index contributed by atoms with van der Waals surface area (Å²) in [6.45, 7) is 4.94. The van der Waals surface area contributed by atoms with E-state index in [2.05, 4.69) is 17.3 Å². The highest BCUT2D eigenvalue weighted by Crippen LogP contribution is 2.19. The molecule has 0 aromatic rings. The smallest absolute Gasteiger partial charge is 0.155 e. The third-order valence-electron chi connectivity index (χ3n) is 3.48. The van der Waals surface area contributed by atoms with Crippen LogP contribution in [0, 0.1) is 0 Å². The molecule has 3 atom stereocenters. The summed E-state index contributed by atoms with van der Waals surface area (Å²) in [6, 6.07) is 0. The Morgan fingerprint density at radius 2 is 2.18 bits per heavy atom. The number of likely N-dealkylation sites (N-methyl/N-ethyl adjacent to an activating group) is 1. The van der Waals surface area contributed by atoms with Crippen LogP contribution in [0.25, 0.3) is 0 Å². The molecule has 2 fully saturated rings. The molecule has 6 heteroatoms. The molecular weight excluding hydrogens is 240 g/mol. The van der Waals surface area contributed by atoms with Crippen LogP contribution in [0.1, 0.15) is 13.3 Å². The Morgan fingerprint density at radius 3 is 2.82 bits per heavy atom. The third-order valence-corrected chi connectivity index (χ3v) is 5.63. The van der Waals surface area contributed by atoms with E-state index in [4.69, 9.17) is 4.74 Å². The number of sulfone groups is 1. The van der Waals surface area contributed by atoms with Gasteiger partial charge in [-0.2, -0.15) is 0 Å². The van der Waals surface area contributed by atoms with Crippen LogP contribution in [0.5, 0.6) is 0 Å². The van der Waals surface area contributed by atoms with Crippen LogP contribution in [-0.2, 0) is 14.6 Å². The molecule has 0 amide bonds. The van der Waals surface area contributed by atoms with E-state index in [0.717, 1.165) is 13.1 Å². The molecule has 2 rings (SSSR count). The summed E-state index contributed by atoms with van der Waals surface area (Å²) in [7, 11) is -0.864. The van der Waals surface area contributed by atoms with Crippen molar-refractivity contribution in [3.05, 3.63) is 0 Å². The van der Waals surface area contributed by atoms with Gasteiger partial charge in [0, 0.05) is 26.2 Å². The van der Waals surface area contributed by atoms with Gasteiger partial charge < -0.3 is 15.0 Å². The van der Waals surface area contributed by atoms with E-state index in [9.17, 15) is 8.42 Å². The summed E-state index contributed by atoms with van der Waals surface area (Å²) in [4.78, 5) is 2.21. The van der Waals surface area contributed by atoms with E-state index in [1.165, 1.54) is 0 Å². The largest absolute Gasteiger partial charge is 0.373 e. The maximum absolute atomic E-state index is 11.9. The second-order valence-corrected chi connectivity index (χ2v) is 7.62. The fourth-order valence-electron chi connectivity index (χ4n) is 2.70. The average molecular weight is 262 g/mol. The molecule has 1 N–H and O–H groups in total. The van der Waals surface area contributed by atoms with Crippen LogP contribution in [0.3, 0.4) is 0 Å². The van der Waals surface area contributed by atoms with Crippen molar-refractivity contribution >= 4 is 9.84 Å². The van der Waals surface area contributed by atoms with Crippen LogP contribution < -0.4 is 5.32 Å². The zero-order valence-electron chi connectivity index (χ0n) is 10.6. The predicted octanol–water partition coefficient (Wildman–Crippen LogP) is -0.518. The topological polar surface area (TPSA) is 58.6 Å². The SMILES string of the molecule is CC1CN(C)CC(CC2CNCCS2(=O)=O)O1. The first-order valence-electron chi connectivity index (χ1n) is 6.23. The van der Waals surface area contributed by atoms with Gasteiger partial charge in [-0.25, -0.2) is 8.42 Å². The molecule has 2 saturated heterocycles. The Labute approximate surface area is 103 Å². The summed E-state index contributed by atoms with van der Waals surface area (Å²) in [5, 5.41) is 2.88. The molecule has 100 valence electrons. The van der Waals surface area contributed by atoms with Crippen molar-refractivity contribution < 1.29 is 13.2 Å². The first-order valence-corrected chi connectivity index (χ1v) is 7.95. The zero-order chi connectivity index (χ0) is 12.5. The summed E-state index contributed by atoms with van der Waals surface area (Å²) < 4.78 is 29.6. The van der Waals surface area contributed by atoms with E-state index < -0.39 is 9.84 Å². The van der Waals surface area contributed by atoms with Crippen LogP contribution in [0.4, 0.5) is 0 Å². The monoisotopic (exact) mass is 262 g/mol. The van der Waals surface area contributed by atoms with Crippen molar-refractivity contribution in [3.8, 4) is 0 Å². The van der Waals surface area contributed by atoms with Gasteiger partial charge in [0.1, 0.15) is 0 Å². The van der Waals surface area contributed by atoms with E-state index in [-0.39, 0.29) is 23.2 Å². The van der Waals surface area contributed by atoms with Crippen LogP contribution in [0.2, 0.25) is 0 Å². The van der Waals surface area contributed by atoms with Crippen molar-refractivity contribution in [1.29, 1.82) is 0 Å². The maximum atomic E-state index is 11.9. The van der Waals surface area contributed by atoms with Gasteiger partial charge in [0.25, 0.3) is 0 Å². The summed E-state index contributed by atoms with van der Waals surface area (Å²) >= 11 is 0. The molecule has 0 aromatic heterocycles. The fourth-order valence-corrected chi connectivity index (χ4v) is 4.34. The lowest BCUT2D eigenvalue weighted by Crippen LogP contribution is -2.50. The molecule has 0 saturated carbocycles. The second kappa shape index (κ2) is 5.22. The van der Waals surface area contributed by atoms with Crippen molar-refractivity contribution in [2.45, 2.75) is 30.8 Å². The van der Waals surface area contributed by atoms with E-state index in [1.54, 1.807) is 0 Å². The molecule has 17 heavy (non-hydrogen) atoms. The minimum atomic E-state index is -2.92. The van der Waals surface area contributed by atoms with E-state index >= 15 is 0 Å². The third kappa shape index (κ3) is 3.40. The summed E-state index contributed by atoms with van der Waals surface area (Å²) in [5.41, 5.74) is 0. The standard InChI is InChI=1S/C11H22N2O3S/c1-9-7-13(2)8-10(16-9)5-11-6-12-3-4-17(11,14)15/h9-12H,3-8H2,1-2H3. The first-order chi connectivity index (χ1) is 7.97. The lowest BCUT2D eigenvalue weighted by Gasteiger charge is -2.36. The molecule has 0 spiro atoms. The van der Waals surface area contributed by atoms with Crippen LogP contribution in [-0.4, -0.2) is 69.8 Å². The fraction of sp³-hybridized carbons (Fsp3) is 1.00. The Bertz CT molecular complexity index is 348. The van der Waals surface area contributed by atoms with E-state index in [1.807, 2.05) is 6.92 Å². The number of nitrogens with zero attached hydrogens (tertiary/aromatic N) is 1. The number of ether oxygens (including phenoxy) is 1. The Kier molecular flexibility index (Phi) is 4.07. The molecule has 2 aliphatic heterocycles. The molecule has 2 heterocycles. The van der Waals surface area contributed by atoms with Gasteiger partial charge in [-0.15, -0.1) is 0 Å². The highest BCUT2D eigenvalue weighted by Gasteiger charge is 2.33. The minimum absolute atomic E-state index is 0.0448. The molecule has 0 aliphatic carbocycles. The number of rotatable bonds is 2. The van der Waals surface area contributed by atoms with Gasteiger partial charge in [0.2, 0.25) is 0 Å². The van der Waals surface area contributed by atoms with Crippen molar-refractivity contribution in [1.82, 2.24) is 10.2 Å². The zero-order valence-corrected chi connectivity index (χ0v) is 11.4. The lowest BCUT2D eigenvalue weighted by atomic mass is 10.1. The number of nitrogens with one attached hydrogen (secondary N) is 1. The lowest BCUT2D eigenvalue weighted by molar-refractivity contribution is -0.0725. The molecule has 3 unspecified atom stereocenters. The highest BCUT2D eigenvalue weighted by molar-refractivity contribution is 7.92. The van der Waals surface area contributed by atoms with Gasteiger partial charge in [-0.3, -0.25) is 0 Å². The van der Waals surface area contributed by atoms with Crippen molar-refractivity contribution in [2.24, 2.45) is 0 Å². The predicted molar refractivity (Wildman–Crippen MR) is 66.9 cm³/mol. The Balaban J connectivity index is 1.95. The van der Waals surface area contributed by atoms with Crippen LogP contribution in [0.15, 0.2) is 0 Å². The number of morpholine rings is 1. The average Bonchev–Trinajstić information content (AvgIpc) is 2.19. The Morgan fingerprint density at radius 1 is 1.41 bits per heavy atom. The normalized spacial score (nSPS) is 39.1. The highest BCUT2D eigenvalue weighted by atomic mass is 32.2. The van der Waals surface area contributed by atoms with Gasteiger partial charge in [0.15, 0.2) is 9.84 Å². The van der Waals surface area contributed by atoms with Crippen LogP contribution >= 0.6 is 0 Å². The Hall–Kier alpha value is -0.170. The van der Waals surface area contributed by atoms with E-state index in [0.29, 0.717) is 19.5 Å². The number of hydrogen-bond donors (Lipinski definition) is 1. The first kappa shape index (κ1) is 13.3. The summed E-state index contributed by atoms with van der Waals surface area (Å²) in [5.74, 6) is 0.260. The molecule has 0 aromatic carbocycles. The molecule has 5 nitrogen and oxygen atoms in total. The second-order valence-electron chi connectivity index (χ2n) is 5.22. The molecule has 2 aliphatic rings. The van der Waals surface area contributed by atoms with Gasteiger partial charge in [-0.1, -0.05) is 0 Å². The van der Waals surface area contributed by atoms with Crippen molar-refractivity contribution in [3.63, 3.8) is 0 Å². The molecule has 0 radical (unpaired) electrons. The minimum Gasteiger partial charge on any atom is -0.373 e. The molecular formula is C11H22N2O3S. The van der Waals surface area contributed by atoms with Gasteiger partial charge in [-0.05, 0) is 20.4 Å². The van der Waals surface area contributed by atoms with Gasteiger partial charge in [0.05, 0.1) is 23.2 Å². The van der Waals surface area contributed by atoms with Crippen molar-refractivity contribution in [2.75, 3.05) is 39.0 Å². The number of hydrogen-bond acceptors (Lipinski definition) is 5. The maximum Gasteiger partial charge on any atom is 0.155 e.